The molecule has 0 aromatic heterocycles. The van der Waals surface area contributed by atoms with Gasteiger partial charge in [0.1, 0.15) is 0 Å². The first-order valence-electron chi connectivity index (χ1n) is 4.36. The fraction of sp³-hybridized carbons (Fsp3) is 0.556. The zero-order valence-corrected chi connectivity index (χ0v) is 8.17. The van der Waals surface area contributed by atoms with Gasteiger partial charge in [0.2, 0.25) is 11.8 Å². The number of hydrogen-bond donors (Lipinski definition) is 3. The van der Waals surface area contributed by atoms with Gasteiger partial charge in [0, 0.05) is 0 Å². The molecule has 0 saturated heterocycles. The molecule has 14 heavy (non-hydrogen) atoms. The molecule has 0 aromatic rings. The SMILES string of the molecule is C#CC(CC)NC(=O)CNC(=O)CN. The molecule has 0 aliphatic carbocycles. The number of nitrogens with one attached hydrogen (secondary N) is 2. The van der Waals surface area contributed by atoms with Crippen molar-refractivity contribution in [3.8, 4) is 12.3 Å². The van der Waals surface area contributed by atoms with Crippen molar-refractivity contribution in [2.45, 2.75) is 19.4 Å². The third-order valence-electron chi connectivity index (χ3n) is 1.58. The standard InChI is InChI=1S/C9H15N3O2/c1-3-7(4-2)12-9(14)6-11-8(13)5-10/h1,7H,4-6,10H2,2H3,(H,11,13)(H,12,14). The minimum atomic E-state index is -0.367. The van der Waals surface area contributed by atoms with Crippen LogP contribution in [-0.2, 0) is 9.59 Å². The summed E-state index contributed by atoms with van der Waals surface area (Å²) in [5, 5.41) is 4.91. The number of carbonyl (C=O) groups is 2. The van der Waals surface area contributed by atoms with E-state index in [1.165, 1.54) is 0 Å². The van der Waals surface area contributed by atoms with Crippen molar-refractivity contribution in [1.29, 1.82) is 0 Å². The summed E-state index contributed by atoms with van der Waals surface area (Å²) < 4.78 is 0. The third-order valence-corrected chi connectivity index (χ3v) is 1.58. The molecular weight excluding hydrogens is 182 g/mol. The molecule has 0 aliphatic heterocycles. The van der Waals surface area contributed by atoms with E-state index in [1.54, 1.807) is 0 Å². The second-order valence-corrected chi connectivity index (χ2v) is 2.68. The summed E-state index contributed by atoms with van der Waals surface area (Å²) in [5.41, 5.74) is 5.04. The smallest absolute Gasteiger partial charge is 0.240 e. The molecule has 0 fully saturated rings. The van der Waals surface area contributed by atoms with Crippen molar-refractivity contribution in [3.05, 3.63) is 0 Å². The lowest BCUT2D eigenvalue weighted by Crippen LogP contribution is -2.42. The lowest BCUT2D eigenvalue weighted by atomic mass is 10.2. The zero-order chi connectivity index (χ0) is 11.0. The molecule has 0 spiro atoms. The highest BCUT2D eigenvalue weighted by molar-refractivity contribution is 5.85. The summed E-state index contributed by atoms with van der Waals surface area (Å²) in [6.07, 6.45) is 5.80. The first-order chi connectivity index (χ1) is 6.63. The van der Waals surface area contributed by atoms with Crippen molar-refractivity contribution in [1.82, 2.24) is 10.6 Å². The van der Waals surface area contributed by atoms with Gasteiger partial charge in [-0.25, -0.2) is 0 Å². The molecule has 78 valence electrons. The van der Waals surface area contributed by atoms with Crippen LogP contribution >= 0.6 is 0 Å². The van der Waals surface area contributed by atoms with Gasteiger partial charge in [-0.05, 0) is 6.42 Å². The minimum Gasteiger partial charge on any atom is -0.346 e. The second-order valence-electron chi connectivity index (χ2n) is 2.68. The van der Waals surface area contributed by atoms with E-state index in [4.69, 9.17) is 12.2 Å². The van der Waals surface area contributed by atoms with Crippen LogP contribution in [0.25, 0.3) is 0 Å². The summed E-state index contributed by atoms with van der Waals surface area (Å²) in [7, 11) is 0. The minimum absolute atomic E-state index is 0.0891. The van der Waals surface area contributed by atoms with E-state index in [-0.39, 0.29) is 30.9 Å². The van der Waals surface area contributed by atoms with Gasteiger partial charge in [-0.15, -0.1) is 6.42 Å². The number of terminal acetylenes is 1. The van der Waals surface area contributed by atoms with Crippen molar-refractivity contribution in [2.75, 3.05) is 13.1 Å². The second kappa shape index (κ2) is 6.92. The summed E-state index contributed by atoms with van der Waals surface area (Å²) in [4.78, 5) is 21.8. The van der Waals surface area contributed by atoms with Gasteiger partial charge in [-0.3, -0.25) is 9.59 Å². The van der Waals surface area contributed by atoms with Crippen molar-refractivity contribution in [2.24, 2.45) is 5.73 Å². The molecular formula is C9H15N3O2. The molecule has 0 saturated carbocycles. The predicted octanol–water partition coefficient (Wildman–Crippen LogP) is -1.41. The first kappa shape index (κ1) is 12.5. The molecule has 4 N–H and O–H groups in total. The van der Waals surface area contributed by atoms with E-state index in [0.717, 1.165) is 0 Å². The lowest BCUT2D eigenvalue weighted by Gasteiger charge is -2.10. The van der Waals surface area contributed by atoms with Crippen LogP contribution in [0.2, 0.25) is 0 Å². The average Bonchev–Trinajstić information content (AvgIpc) is 2.22. The molecule has 0 bridgehead atoms. The van der Waals surface area contributed by atoms with E-state index >= 15 is 0 Å². The van der Waals surface area contributed by atoms with Gasteiger partial charge in [0.05, 0.1) is 19.1 Å². The molecule has 0 aliphatic rings. The normalized spacial score (nSPS) is 11.2. The number of carbonyl (C=O) groups excluding carboxylic acids is 2. The fourth-order valence-corrected chi connectivity index (χ4v) is 0.758. The molecule has 0 radical (unpaired) electrons. The monoisotopic (exact) mass is 197 g/mol. The Bertz CT molecular complexity index is 245. The Balaban J connectivity index is 3.76. The maximum Gasteiger partial charge on any atom is 0.240 e. The van der Waals surface area contributed by atoms with Crippen molar-refractivity contribution >= 4 is 11.8 Å². The predicted molar refractivity (Wildman–Crippen MR) is 53.1 cm³/mol. The molecule has 0 heterocycles. The van der Waals surface area contributed by atoms with E-state index in [9.17, 15) is 9.59 Å². The molecule has 0 aromatic carbocycles. The fourth-order valence-electron chi connectivity index (χ4n) is 0.758. The van der Waals surface area contributed by atoms with Gasteiger partial charge in [0.25, 0.3) is 0 Å². The maximum atomic E-state index is 11.1. The van der Waals surface area contributed by atoms with Crippen LogP contribution in [-0.4, -0.2) is 30.9 Å². The summed E-state index contributed by atoms with van der Waals surface area (Å²) in [6, 6.07) is -0.280. The van der Waals surface area contributed by atoms with Gasteiger partial charge < -0.3 is 16.4 Å². The Morgan fingerprint density at radius 2 is 2.14 bits per heavy atom. The summed E-state index contributed by atoms with van der Waals surface area (Å²) >= 11 is 0. The summed E-state index contributed by atoms with van der Waals surface area (Å²) in [5.74, 6) is 1.74. The molecule has 1 unspecified atom stereocenters. The van der Waals surface area contributed by atoms with Crippen LogP contribution in [0.15, 0.2) is 0 Å². The first-order valence-corrected chi connectivity index (χ1v) is 4.36. The van der Waals surface area contributed by atoms with Crippen LogP contribution < -0.4 is 16.4 Å². The lowest BCUT2D eigenvalue weighted by molar-refractivity contribution is -0.125. The van der Waals surface area contributed by atoms with Crippen molar-refractivity contribution in [3.63, 3.8) is 0 Å². The van der Waals surface area contributed by atoms with E-state index in [0.29, 0.717) is 6.42 Å². The number of hydrogen-bond acceptors (Lipinski definition) is 3. The maximum absolute atomic E-state index is 11.1. The third kappa shape index (κ3) is 5.17. The van der Waals surface area contributed by atoms with Crippen LogP contribution in [0, 0.1) is 12.3 Å². The average molecular weight is 197 g/mol. The zero-order valence-electron chi connectivity index (χ0n) is 8.17. The quantitative estimate of drug-likeness (QED) is 0.473. The van der Waals surface area contributed by atoms with Gasteiger partial charge in [0.15, 0.2) is 0 Å². The Morgan fingerprint density at radius 3 is 2.57 bits per heavy atom. The van der Waals surface area contributed by atoms with Gasteiger partial charge in [-0.2, -0.15) is 0 Å². The van der Waals surface area contributed by atoms with Crippen LogP contribution in [0.3, 0.4) is 0 Å². The van der Waals surface area contributed by atoms with Gasteiger partial charge in [-0.1, -0.05) is 12.8 Å². The van der Waals surface area contributed by atoms with E-state index in [1.807, 2.05) is 6.92 Å². The number of amides is 2. The molecule has 5 heteroatoms. The molecule has 0 rings (SSSR count). The van der Waals surface area contributed by atoms with E-state index < -0.39 is 0 Å². The molecule has 1 atom stereocenters. The Morgan fingerprint density at radius 1 is 1.50 bits per heavy atom. The number of nitrogens with two attached hydrogens (primary N) is 1. The molecule has 5 nitrogen and oxygen atoms in total. The van der Waals surface area contributed by atoms with E-state index in [2.05, 4.69) is 16.6 Å². The Hall–Kier alpha value is -1.54. The molecule has 2 amide bonds. The van der Waals surface area contributed by atoms with Gasteiger partial charge >= 0.3 is 0 Å². The summed E-state index contributed by atoms with van der Waals surface area (Å²) in [6.45, 7) is 1.65. The van der Waals surface area contributed by atoms with Crippen LogP contribution in [0.1, 0.15) is 13.3 Å². The Labute approximate surface area is 83.4 Å². The van der Waals surface area contributed by atoms with Crippen LogP contribution in [0.4, 0.5) is 0 Å². The van der Waals surface area contributed by atoms with Crippen molar-refractivity contribution < 1.29 is 9.59 Å². The highest BCUT2D eigenvalue weighted by atomic mass is 16.2. The largest absolute Gasteiger partial charge is 0.346 e. The Kier molecular flexibility index (Phi) is 6.16. The highest BCUT2D eigenvalue weighted by Gasteiger charge is 2.07. The number of rotatable bonds is 5. The topological polar surface area (TPSA) is 84.2 Å². The van der Waals surface area contributed by atoms with Crippen LogP contribution in [0.5, 0.6) is 0 Å². The highest BCUT2D eigenvalue weighted by Crippen LogP contribution is 1.86.